The van der Waals surface area contributed by atoms with Crippen LogP contribution >= 0.6 is 0 Å². The first-order valence-electron chi connectivity index (χ1n) is 8.62. The lowest BCUT2D eigenvalue weighted by Crippen LogP contribution is -2.49. The Morgan fingerprint density at radius 2 is 1.95 bits per heavy atom. The van der Waals surface area contributed by atoms with E-state index in [4.69, 9.17) is 0 Å². The molecule has 4 heteroatoms. The summed E-state index contributed by atoms with van der Waals surface area (Å²) in [6, 6.07) is 0. The summed E-state index contributed by atoms with van der Waals surface area (Å²) in [7, 11) is 0. The average molecular weight is 298 g/mol. The van der Waals surface area contributed by atoms with Crippen LogP contribution in [-0.2, 0) is 4.79 Å². The number of carboxylic acids is 1. The number of hydrogen-bond donors (Lipinski definition) is 2. The molecule has 4 nitrogen and oxygen atoms in total. The molecule has 1 aliphatic heterocycles. The van der Waals surface area contributed by atoms with Crippen molar-refractivity contribution >= 4 is 5.97 Å². The third kappa shape index (κ3) is 4.96. The van der Waals surface area contributed by atoms with E-state index in [0.29, 0.717) is 18.4 Å². The van der Waals surface area contributed by atoms with Crippen molar-refractivity contribution in [2.75, 3.05) is 26.2 Å². The summed E-state index contributed by atoms with van der Waals surface area (Å²) in [4.78, 5) is 13.9. The molecule has 0 radical (unpaired) electrons. The fourth-order valence-electron chi connectivity index (χ4n) is 3.52. The van der Waals surface area contributed by atoms with Gasteiger partial charge in [-0.05, 0) is 70.5 Å². The Morgan fingerprint density at radius 3 is 2.43 bits per heavy atom. The lowest BCUT2D eigenvalue weighted by molar-refractivity contribution is -0.144. The minimum Gasteiger partial charge on any atom is -0.480 e. The molecule has 1 rings (SSSR count). The Morgan fingerprint density at radius 1 is 1.29 bits per heavy atom. The molecule has 0 aliphatic carbocycles. The zero-order valence-electron chi connectivity index (χ0n) is 14.4. The van der Waals surface area contributed by atoms with Crippen LogP contribution in [0.2, 0.25) is 0 Å². The zero-order chi connectivity index (χ0) is 15.9. The average Bonchev–Trinajstić information content (AvgIpc) is 2.88. The number of nitrogens with one attached hydrogen (secondary N) is 1. The van der Waals surface area contributed by atoms with Crippen molar-refractivity contribution < 1.29 is 9.90 Å². The van der Waals surface area contributed by atoms with Crippen LogP contribution in [0.5, 0.6) is 0 Å². The Kier molecular flexibility index (Phi) is 7.14. The second-order valence-electron chi connectivity index (χ2n) is 6.86. The summed E-state index contributed by atoms with van der Waals surface area (Å²) in [6.45, 7) is 12.6. The third-order valence-corrected chi connectivity index (χ3v) is 5.46. The van der Waals surface area contributed by atoms with Gasteiger partial charge in [-0.1, -0.05) is 20.8 Å². The van der Waals surface area contributed by atoms with Crippen LogP contribution in [-0.4, -0.2) is 47.7 Å². The van der Waals surface area contributed by atoms with E-state index in [1.54, 1.807) is 6.92 Å². The first-order valence-corrected chi connectivity index (χ1v) is 8.62. The molecule has 0 saturated carbocycles. The summed E-state index contributed by atoms with van der Waals surface area (Å²) in [6.07, 6.45) is 6.64. The van der Waals surface area contributed by atoms with Gasteiger partial charge in [-0.25, -0.2) is 0 Å². The van der Waals surface area contributed by atoms with Crippen molar-refractivity contribution in [1.82, 2.24) is 10.2 Å². The van der Waals surface area contributed by atoms with E-state index in [1.165, 1.54) is 32.4 Å². The van der Waals surface area contributed by atoms with Crippen molar-refractivity contribution in [3.05, 3.63) is 0 Å². The maximum atomic E-state index is 11.4. The van der Waals surface area contributed by atoms with Gasteiger partial charge in [0.25, 0.3) is 0 Å². The lowest BCUT2D eigenvalue weighted by atomic mass is 9.82. The first-order chi connectivity index (χ1) is 9.91. The molecular formula is C17H34N2O2. The number of likely N-dealkylation sites (N-methyl/N-ethyl adjacent to an activating group) is 1. The lowest BCUT2D eigenvalue weighted by Gasteiger charge is -2.27. The van der Waals surface area contributed by atoms with Crippen molar-refractivity contribution in [3.63, 3.8) is 0 Å². The summed E-state index contributed by atoms with van der Waals surface area (Å²) >= 11 is 0. The summed E-state index contributed by atoms with van der Waals surface area (Å²) in [5, 5.41) is 12.4. The van der Waals surface area contributed by atoms with Gasteiger partial charge in [0.05, 0.1) is 0 Å². The first kappa shape index (κ1) is 18.4. The van der Waals surface area contributed by atoms with E-state index in [-0.39, 0.29) is 0 Å². The fraction of sp³-hybridized carbons (Fsp3) is 0.941. The van der Waals surface area contributed by atoms with Gasteiger partial charge in [-0.2, -0.15) is 0 Å². The maximum Gasteiger partial charge on any atom is 0.323 e. The number of aliphatic carboxylic acids is 1. The highest BCUT2D eigenvalue weighted by molar-refractivity contribution is 5.78. The summed E-state index contributed by atoms with van der Waals surface area (Å²) in [5.41, 5.74) is -0.226. The van der Waals surface area contributed by atoms with Gasteiger partial charge in [-0.3, -0.25) is 4.79 Å². The molecule has 2 N–H and O–H groups in total. The number of carbonyl (C=O) groups is 1. The van der Waals surface area contributed by atoms with Gasteiger partial charge in [0, 0.05) is 6.54 Å². The highest BCUT2D eigenvalue weighted by atomic mass is 16.4. The third-order valence-electron chi connectivity index (χ3n) is 5.46. The second-order valence-corrected chi connectivity index (χ2v) is 6.86. The highest BCUT2D eigenvalue weighted by Crippen LogP contribution is 2.36. The van der Waals surface area contributed by atoms with Gasteiger partial charge < -0.3 is 15.3 Å². The molecule has 0 amide bonds. The van der Waals surface area contributed by atoms with Crippen molar-refractivity contribution in [2.24, 2.45) is 5.41 Å². The van der Waals surface area contributed by atoms with Crippen LogP contribution < -0.4 is 5.32 Å². The molecule has 0 aromatic carbocycles. The molecule has 1 atom stereocenters. The van der Waals surface area contributed by atoms with Gasteiger partial charge in [0.1, 0.15) is 5.54 Å². The standard InChI is InChI=1S/C17H34N2O2/c1-5-17(6-2)11-13-19(14-17)12-9-8-10-16(4,15(20)21)18-7-3/h18H,5-14H2,1-4H3,(H,20,21). The Bertz CT molecular complexity index is 329. The molecule has 1 unspecified atom stereocenters. The molecule has 1 fully saturated rings. The fourth-order valence-corrected chi connectivity index (χ4v) is 3.52. The van der Waals surface area contributed by atoms with E-state index < -0.39 is 11.5 Å². The van der Waals surface area contributed by atoms with Gasteiger partial charge in [0.15, 0.2) is 0 Å². The molecule has 1 saturated heterocycles. The van der Waals surface area contributed by atoms with E-state index in [0.717, 1.165) is 19.4 Å². The number of rotatable bonds is 10. The summed E-state index contributed by atoms with van der Waals surface area (Å²) < 4.78 is 0. The quantitative estimate of drug-likeness (QED) is 0.608. The minimum atomic E-state index is -0.768. The number of unbranched alkanes of at least 4 members (excludes halogenated alkanes) is 1. The molecule has 0 bridgehead atoms. The van der Waals surface area contributed by atoms with Crippen molar-refractivity contribution in [3.8, 4) is 0 Å². The van der Waals surface area contributed by atoms with Gasteiger partial charge >= 0.3 is 5.97 Å². The van der Waals surface area contributed by atoms with Crippen LogP contribution in [0.4, 0.5) is 0 Å². The Hall–Kier alpha value is -0.610. The smallest absolute Gasteiger partial charge is 0.323 e. The van der Waals surface area contributed by atoms with E-state index in [2.05, 4.69) is 24.1 Å². The van der Waals surface area contributed by atoms with Crippen molar-refractivity contribution in [1.29, 1.82) is 0 Å². The molecule has 0 spiro atoms. The van der Waals surface area contributed by atoms with E-state index >= 15 is 0 Å². The topological polar surface area (TPSA) is 52.6 Å². The normalized spacial score (nSPS) is 21.3. The summed E-state index contributed by atoms with van der Waals surface area (Å²) in [5.74, 6) is -0.735. The predicted octanol–water partition coefficient (Wildman–Crippen LogP) is 3.12. The second kappa shape index (κ2) is 8.14. The van der Waals surface area contributed by atoms with Crippen LogP contribution in [0, 0.1) is 5.41 Å². The molecule has 0 aromatic heterocycles. The molecule has 1 heterocycles. The van der Waals surface area contributed by atoms with Crippen LogP contribution in [0.1, 0.15) is 66.2 Å². The SMILES string of the molecule is CCNC(C)(CCCCN1CCC(CC)(CC)C1)C(=O)O. The molecule has 0 aromatic rings. The van der Waals surface area contributed by atoms with E-state index in [9.17, 15) is 9.90 Å². The Labute approximate surface area is 130 Å². The monoisotopic (exact) mass is 298 g/mol. The number of nitrogens with zero attached hydrogens (tertiary/aromatic N) is 1. The molecule has 1 aliphatic rings. The number of carboxylic acid groups (broad SMARTS) is 1. The minimum absolute atomic E-state index is 0.541. The largest absolute Gasteiger partial charge is 0.480 e. The Balaban J connectivity index is 2.30. The maximum absolute atomic E-state index is 11.4. The number of likely N-dealkylation sites (tertiary alicyclic amines) is 1. The number of hydrogen-bond acceptors (Lipinski definition) is 3. The van der Waals surface area contributed by atoms with Gasteiger partial charge in [-0.15, -0.1) is 0 Å². The van der Waals surface area contributed by atoms with Gasteiger partial charge in [0.2, 0.25) is 0 Å². The van der Waals surface area contributed by atoms with Crippen molar-refractivity contribution in [2.45, 2.75) is 71.8 Å². The highest BCUT2D eigenvalue weighted by Gasteiger charge is 2.35. The zero-order valence-corrected chi connectivity index (χ0v) is 14.4. The molecular weight excluding hydrogens is 264 g/mol. The van der Waals surface area contributed by atoms with Crippen LogP contribution in [0.15, 0.2) is 0 Å². The van der Waals surface area contributed by atoms with Crippen LogP contribution in [0.3, 0.4) is 0 Å². The van der Waals surface area contributed by atoms with Crippen LogP contribution in [0.25, 0.3) is 0 Å². The predicted molar refractivity (Wildman–Crippen MR) is 87.6 cm³/mol. The van der Waals surface area contributed by atoms with E-state index in [1.807, 2.05) is 6.92 Å². The molecule has 124 valence electrons. The molecule has 21 heavy (non-hydrogen) atoms.